The van der Waals surface area contributed by atoms with Gasteiger partial charge in [-0.1, -0.05) is 0 Å². The first kappa shape index (κ1) is 12.2. The number of carboxylic acids is 1. The standard InChI is InChI=1S/C12H16N2O2S/c1-2-14(10-5-6-17-8-10)11-4-3-9(7-13-11)12(15)16/h3-4,7,10H,2,5-6,8H2,1H3,(H,15,16)/t10-/m1/s1. The monoisotopic (exact) mass is 252 g/mol. The third-order valence-electron chi connectivity index (χ3n) is 2.98. The molecule has 2 heterocycles. The van der Waals surface area contributed by atoms with Crippen LogP contribution in [0.15, 0.2) is 18.3 Å². The van der Waals surface area contributed by atoms with Crippen LogP contribution in [-0.2, 0) is 0 Å². The molecule has 0 aliphatic carbocycles. The number of carbonyl (C=O) groups is 1. The topological polar surface area (TPSA) is 53.4 Å². The van der Waals surface area contributed by atoms with Crippen LogP contribution in [0.4, 0.5) is 5.82 Å². The van der Waals surface area contributed by atoms with Crippen molar-refractivity contribution in [1.29, 1.82) is 0 Å². The fourth-order valence-corrected chi connectivity index (χ4v) is 3.28. The van der Waals surface area contributed by atoms with Crippen LogP contribution in [0, 0.1) is 0 Å². The van der Waals surface area contributed by atoms with Gasteiger partial charge in [0.15, 0.2) is 0 Å². The molecule has 0 saturated carbocycles. The summed E-state index contributed by atoms with van der Waals surface area (Å²) in [6.07, 6.45) is 2.61. The van der Waals surface area contributed by atoms with Crippen LogP contribution in [0.5, 0.6) is 0 Å². The lowest BCUT2D eigenvalue weighted by Crippen LogP contribution is -2.35. The first-order chi connectivity index (χ1) is 8.22. The second kappa shape index (κ2) is 5.40. The average Bonchev–Trinajstić information content (AvgIpc) is 2.84. The highest BCUT2D eigenvalue weighted by atomic mass is 32.2. The van der Waals surface area contributed by atoms with Gasteiger partial charge in [0.2, 0.25) is 0 Å². The summed E-state index contributed by atoms with van der Waals surface area (Å²) in [5.74, 6) is 2.29. The Morgan fingerprint density at radius 3 is 2.94 bits per heavy atom. The van der Waals surface area contributed by atoms with Crippen molar-refractivity contribution in [2.75, 3.05) is 23.0 Å². The maximum atomic E-state index is 10.8. The van der Waals surface area contributed by atoms with Gasteiger partial charge in [-0.05, 0) is 31.2 Å². The molecular formula is C12H16N2O2S. The van der Waals surface area contributed by atoms with Gasteiger partial charge in [-0.15, -0.1) is 0 Å². The molecule has 1 aliphatic rings. The van der Waals surface area contributed by atoms with Crippen molar-refractivity contribution in [3.8, 4) is 0 Å². The Balaban J connectivity index is 2.16. The zero-order valence-electron chi connectivity index (χ0n) is 9.80. The lowest BCUT2D eigenvalue weighted by Gasteiger charge is -2.28. The van der Waals surface area contributed by atoms with Gasteiger partial charge in [-0.2, -0.15) is 11.8 Å². The molecule has 1 aromatic rings. The second-order valence-corrected chi connectivity index (χ2v) is 5.16. The number of pyridine rings is 1. The highest BCUT2D eigenvalue weighted by Gasteiger charge is 2.22. The van der Waals surface area contributed by atoms with Crippen LogP contribution in [-0.4, -0.2) is 40.2 Å². The van der Waals surface area contributed by atoms with Crippen LogP contribution in [0.25, 0.3) is 0 Å². The smallest absolute Gasteiger partial charge is 0.337 e. The Morgan fingerprint density at radius 2 is 2.47 bits per heavy atom. The van der Waals surface area contributed by atoms with Gasteiger partial charge >= 0.3 is 5.97 Å². The van der Waals surface area contributed by atoms with Crippen molar-refractivity contribution in [1.82, 2.24) is 4.98 Å². The number of nitrogens with zero attached hydrogens (tertiary/aromatic N) is 2. The second-order valence-electron chi connectivity index (χ2n) is 4.01. The molecule has 92 valence electrons. The number of carboxylic acid groups (broad SMARTS) is 1. The van der Waals surface area contributed by atoms with Crippen LogP contribution in [0.1, 0.15) is 23.7 Å². The summed E-state index contributed by atoms with van der Waals surface area (Å²) in [5.41, 5.74) is 0.241. The SMILES string of the molecule is CCN(c1ccc(C(=O)O)cn1)[C@@H]1CCSC1. The fourth-order valence-electron chi connectivity index (χ4n) is 2.06. The third kappa shape index (κ3) is 2.72. The van der Waals surface area contributed by atoms with Crippen LogP contribution < -0.4 is 4.90 Å². The zero-order valence-corrected chi connectivity index (χ0v) is 10.6. The van der Waals surface area contributed by atoms with Crippen molar-refractivity contribution >= 4 is 23.5 Å². The van der Waals surface area contributed by atoms with Gasteiger partial charge in [-0.3, -0.25) is 0 Å². The minimum atomic E-state index is -0.927. The number of rotatable bonds is 4. The van der Waals surface area contributed by atoms with E-state index in [-0.39, 0.29) is 5.56 Å². The Morgan fingerprint density at radius 1 is 1.65 bits per heavy atom. The zero-order chi connectivity index (χ0) is 12.3. The summed E-state index contributed by atoms with van der Waals surface area (Å²) in [5, 5.41) is 8.83. The number of aromatic nitrogens is 1. The number of thioether (sulfide) groups is 1. The maximum absolute atomic E-state index is 10.8. The molecule has 1 fully saturated rings. The molecule has 0 radical (unpaired) electrons. The summed E-state index contributed by atoms with van der Waals surface area (Å²) >= 11 is 1.97. The average molecular weight is 252 g/mol. The predicted octanol–water partition coefficient (Wildman–Crippen LogP) is 2.11. The Labute approximate surface area is 105 Å². The number of hydrogen-bond acceptors (Lipinski definition) is 4. The van der Waals surface area contributed by atoms with Crippen LogP contribution >= 0.6 is 11.8 Å². The summed E-state index contributed by atoms with van der Waals surface area (Å²) in [6.45, 7) is 3.01. The highest BCUT2D eigenvalue weighted by molar-refractivity contribution is 7.99. The number of anilines is 1. The van der Waals surface area contributed by atoms with Crippen molar-refractivity contribution in [3.05, 3.63) is 23.9 Å². The van der Waals surface area contributed by atoms with Crippen molar-refractivity contribution in [3.63, 3.8) is 0 Å². The van der Waals surface area contributed by atoms with E-state index in [1.807, 2.05) is 11.8 Å². The summed E-state index contributed by atoms with van der Waals surface area (Å²) in [7, 11) is 0. The molecule has 1 aromatic heterocycles. The molecule has 4 nitrogen and oxygen atoms in total. The molecule has 2 rings (SSSR count). The minimum absolute atomic E-state index is 0.241. The molecule has 0 unspecified atom stereocenters. The maximum Gasteiger partial charge on any atom is 0.337 e. The molecular weight excluding hydrogens is 236 g/mol. The lowest BCUT2D eigenvalue weighted by atomic mass is 10.2. The molecule has 0 aromatic carbocycles. The molecule has 1 atom stereocenters. The molecule has 0 spiro atoms. The molecule has 17 heavy (non-hydrogen) atoms. The van der Waals surface area contributed by atoms with Crippen LogP contribution in [0.2, 0.25) is 0 Å². The largest absolute Gasteiger partial charge is 0.478 e. The van der Waals surface area contributed by atoms with E-state index in [4.69, 9.17) is 5.11 Å². The number of hydrogen-bond donors (Lipinski definition) is 1. The van der Waals surface area contributed by atoms with Gasteiger partial charge in [0.25, 0.3) is 0 Å². The quantitative estimate of drug-likeness (QED) is 0.889. The highest BCUT2D eigenvalue weighted by Crippen LogP contribution is 2.25. The van der Waals surface area contributed by atoms with E-state index in [2.05, 4.69) is 16.8 Å². The Bertz CT molecular complexity index is 388. The third-order valence-corrected chi connectivity index (χ3v) is 4.12. The van der Waals surface area contributed by atoms with E-state index in [0.717, 1.165) is 18.1 Å². The van der Waals surface area contributed by atoms with E-state index in [1.54, 1.807) is 12.1 Å². The Kier molecular flexibility index (Phi) is 3.89. The normalized spacial score (nSPS) is 19.2. The van der Waals surface area contributed by atoms with Crippen LogP contribution in [0.3, 0.4) is 0 Å². The van der Waals surface area contributed by atoms with Gasteiger partial charge in [0, 0.05) is 24.5 Å². The molecule has 1 N–H and O–H groups in total. The van der Waals surface area contributed by atoms with Crippen molar-refractivity contribution < 1.29 is 9.90 Å². The van der Waals surface area contributed by atoms with E-state index in [1.165, 1.54) is 18.4 Å². The lowest BCUT2D eigenvalue weighted by molar-refractivity contribution is 0.0696. The van der Waals surface area contributed by atoms with E-state index < -0.39 is 5.97 Å². The molecule has 0 bridgehead atoms. The van der Waals surface area contributed by atoms with Gasteiger partial charge in [0.05, 0.1) is 5.56 Å². The summed E-state index contributed by atoms with van der Waals surface area (Å²) in [4.78, 5) is 17.3. The first-order valence-electron chi connectivity index (χ1n) is 5.76. The van der Waals surface area contributed by atoms with E-state index >= 15 is 0 Å². The molecule has 5 heteroatoms. The first-order valence-corrected chi connectivity index (χ1v) is 6.91. The van der Waals surface area contributed by atoms with Gasteiger partial charge in [-0.25, -0.2) is 9.78 Å². The molecule has 1 aliphatic heterocycles. The Hall–Kier alpha value is -1.23. The number of aromatic carboxylic acids is 1. The fraction of sp³-hybridized carbons (Fsp3) is 0.500. The van der Waals surface area contributed by atoms with E-state index in [9.17, 15) is 4.79 Å². The van der Waals surface area contributed by atoms with Gasteiger partial charge < -0.3 is 10.0 Å². The van der Waals surface area contributed by atoms with E-state index in [0.29, 0.717) is 6.04 Å². The molecule has 1 saturated heterocycles. The molecule has 0 amide bonds. The minimum Gasteiger partial charge on any atom is -0.478 e. The summed E-state index contributed by atoms with van der Waals surface area (Å²) in [6, 6.07) is 3.96. The van der Waals surface area contributed by atoms with Gasteiger partial charge in [0.1, 0.15) is 5.82 Å². The summed E-state index contributed by atoms with van der Waals surface area (Å²) < 4.78 is 0. The predicted molar refractivity (Wildman–Crippen MR) is 69.9 cm³/mol. The van der Waals surface area contributed by atoms with Crippen molar-refractivity contribution in [2.45, 2.75) is 19.4 Å². The van der Waals surface area contributed by atoms with Crippen molar-refractivity contribution in [2.24, 2.45) is 0 Å².